The smallest absolute Gasteiger partial charge is 0.254 e. The molecule has 0 aromatic carbocycles. The van der Waals surface area contributed by atoms with Gasteiger partial charge in [-0.2, -0.15) is 5.10 Å². The Labute approximate surface area is 127 Å². The molecule has 21 heavy (non-hydrogen) atoms. The summed E-state index contributed by atoms with van der Waals surface area (Å²) in [7, 11) is 0. The van der Waals surface area contributed by atoms with E-state index in [2.05, 4.69) is 45.0 Å². The molecule has 1 N–H and O–H groups in total. The van der Waals surface area contributed by atoms with E-state index in [1.54, 1.807) is 6.20 Å². The summed E-state index contributed by atoms with van der Waals surface area (Å²) in [4.78, 5) is 12.4. The fourth-order valence-corrected chi connectivity index (χ4v) is 2.73. The van der Waals surface area contributed by atoms with E-state index in [0.717, 1.165) is 25.1 Å². The van der Waals surface area contributed by atoms with E-state index in [-0.39, 0.29) is 23.5 Å². The van der Waals surface area contributed by atoms with Crippen LogP contribution < -0.4 is 5.32 Å². The van der Waals surface area contributed by atoms with Crippen molar-refractivity contribution in [3.05, 3.63) is 17.5 Å². The predicted octanol–water partition coefficient (Wildman–Crippen LogP) is 2.67. The molecular formula is C16H27N3O2. The number of nitrogens with one attached hydrogen (secondary N) is 1. The number of carbonyl (C=O) groups excluding carboxylic acids is 1. The Morgan fingerprint density at radius 2 is 2.24 bits per heavy atom. The lowest BCUT2D eigenvalue weighted by molar-refractivity contribution is 0.0856. The summed E-state index contributed by atoms with van der Waals surface area (Å²) < 4.78 is 7.50. The number of aromatic nitrogens is 2. The van der Waals surface area contributed by atoms with E-state index < -0.39 is 0 Å². The fraction of sp³-hybridized carbons (Fsp3) is 0.750. The molecule has 1 saturated heterocycles. The van der Waals surface area contributed by atoms with Gasteiger partial charge in [0.05, 0.1) is 29.1 Å². The molecule has 5 nitrogen and oxygen atoms in total. The van der Waals surface area contributed by atoms with Gasteiger partial charge in [-0.1, -0.05) is 13.8 Å². The van der Waals surface area contributed by atoms with E-state index in [1.807, 2.05) is 4.68 Å². The van der Waals surface area contributed by atoms with Crippen LogP contribution in [0.4, 0.5) is 0 Å². The predicted molar refractivity (Wildman–Crippen MR) is 82.6 cm³/mol. The second-order valence-corrected chi connectivity index (χ2v) is 7.03. The third-order valence-corrected chi connectivity index (χ3v) is 3.75. The van der Waals surface area contributed by atoms with Crippen molar-refractivity contribution in [1.29, 1.82) is 0 Å². The molecule has 0 unspecified atom stereocenters. The van der Waals surface area contributed by atoms with Gasteiger partial charge >= 0.3 is 0 Å². The van der Waals surface area contributed by atoms with E-state index in [9.17, 15) is 4.79 Å². The Balaban J connectivity index is 2.14. The van der Waals surface area contributed by atoms with Crippen LogP contribution >= 0.6 is 0 Å². The molecule has 1 fully saturated rings. The number of hydrogen-bond donors (Lipinski definition) is 1. The molecule has 0 aliphatic carbocycles. The highest BCUT2D eigenvalue weighted by atomic mass is 16.5. The van der Waals surface area contributed by atoms with E-state index in [4.69, 9.17) is 4.74 Å². The molecule has 1 amide bonds. The summed E-state index contributed by atoms with van der Waals surface area (Å²) in [5.41, 5.74) is 1.54. The first-order valence-corrected chi connectivity index (χ1v) is 7.79. The summed E-state index contributed by atoms with van der Waals surface area (Å²) in [5.74, 6) is 0.194. The third kappa shape index (κ3) is 3.64. The molecule has 0 saturated carbocycles. The quantitative estimate of drug-likeness (QED) is 0.928. The molecular weight excluding hydrogens is 266 g/mol. The number of hydrogen-bond acceptors (Lipinski definition) is 3. The number of rotatable bonds is 4. The van der Waals surface area contributed by atoms with Crippen molar-refractivity contribution in [2.45, 2.75) is 65.0 Å². The van der Waals surface area contributed by atoms with Gasteiger partial charge in [-0.3, -0.25) is 9.48 Å². The average Bonchev–Trinajstić information content (AvgIpc) is 3.03. The Morgan fingerprint density at radius 1 is 1.52 bits per heavy atom. The first-order valence-electron chi connectivity index (χ1n) is 7.79. The highest BCUT2D eigenvalue weighted by Crippen LogP contribution is 2.25. The number of ether oxygens (including phenoxy) is 1. The highest BCUT2D eigenvalue weighted by molar-refractivity contribution is 5.95. The van der Waals surface area contributed by atoms with Crippen LogP contribution in [0.25, 0.3) is 0 Å². The average molecular weight is 293 g/mol. The van der Waals surface area contributed by atoms with Gasteiger partial charge in [-0.05, 0) is 39.5 Å². The van der Waals surface area contributed by atoms with Gasteiger partial charge in [-0.15, -0.1) is 0 Å². The maximum atomic E-state index is 12.4. The Bertz CT molecular complexity index is 494. The monoisotopic (exact) mass is 293 g/mol. The maximum Gasteiger partial charge on any atom is 0.254 e. The number of amides is 1. The Kier molecular flexibility index (Phi) is 4.71. The van der Waals surface area contributed by atoms with Crippen molar-refractivity contribution in [2.24, 2.45) is 0 Å². The first-order chi connectivity index (χ1) is 9.80. The van der Waals surface area contributed by atoms with E-state index in [1.165, 1.54) is 0 Å². The SMILES string of the molecule is CC(C)c1c(C(=O)NC[C@H]2CCCO2)cnn1C(C)(C)C. The lowest BCUT2D eigenvalue weighted by Crippen LogP contribution is -2.33. The summed E-state index contributed by atoms with van der Waals surface area (Å²) in [6, 6.07) is 0. The summed E-state index contributed by atoms with van der Waals surface area (Å²) in [5, 5.41) is 7.42. The second kappa shape index (κ2) is 6.18. The molecule has 1 aliphatic heterocycles. The van der Waals surface area contributed by atoms with Crippen LogP contribution in [0.1, 0.15) is 69.4 Å². The summed E-state index contributed by atoms with van der Waals surface area (Å²) >= 11 is 0. The minimum atomic E-state index is -0.132. The normalized spacial score (nSPS) is 19.2. The van der Waals surface area contributed by atoms with Crippen LogP contribution in [0.3, 0.4) is 0 Å². The minimum Gasteiger partial charge on any atom is -0.376 e. The van der Waals surface area contributed by atoms with Crippen molar-refractivity contribution in [2.75, 3.05) is 13.2 Å². The largest absolute Gasteiger partial charge is 0.376 e. The molecule has 0 bridgehead atoms. The van der Waals surface area contributed by atoms with Gasteiger partial charge < -0.3 is 10.1 Å². The Morgan fingerprint density at radius 3 is 2.76 bits per heavy atom. The van der Waals surface area contributed by atoms with Gasteiger partial charge in [0.25, 0.3) is 5.91 Å². The van der Waals surface area contributed by atoms with Crippen molar-refractivity contribution < 1.29 is 9.53 Å². The molecule has 1 aromatic heterocycles. The van der Waals surface area contributed by atoms with Gasteiger partial charge in [-0.25, -0.2) is 0 Å². The third-order valence-electron chi connectivity index (χ3n) is 3.75. The summed E-state index contributed by atoms with van der Waals surface area (Å²) in [6.07, 6.45) is 3.96. The minimum absolute atomic E-state index is 0.0512. The van der Waals surface area contributed by atoms with Crippen LogP contribution in [-0.2, 0) is 10.3 Å². The lowest BCUT2D eigenvalue weighted by atomic mass is 10.0. The molecule has 118 valence electrons. The molecule has 5 heteroatoms. The number of carbonyl (C=O) groups is 1. The highest BCUT2D eigenvalue weighted by Gasteiger charge is 2.26. The van der Waals surface area contributed by atoms with Gasteiger partial charge in [0.15, 0.2) is 0 Å². The number of nitrogens with zero attached hydrogens (tertiary/aromatic N) is 2. The molecule has 2 heterocycles. The van der Waals surface area contributed by atoms with E-state index in [0.29, 0.717) is 12.1 Å². The zero-order valence-electron chi connectivity index (χ0n) is 13.8. The van der Waals surface area contributed by atoms with Crippen molar-refractivity contribution >= 4 is 5.91 Å². The molecule has 2 rings (SSSR count). The molecule has 1 atom stereocenters. The molecule has 0 radical (unpaired) electrons. The fourth-order valence-electron chi connectivity index (χ4n) is 2.73. The van der Waals surface area contributed by atoms with Crippen LogP contribution in [0.2, 0.25) is 0 Å². The van der Waals surface area contributed by atoms with Gasteiger partial charge in [0, 0.05) is 13.2 Å². The van der Waals surface area contributed by atoms with Crippen LogP contribution in [0.15, 0.2) is 6.20 Å². The lowest BCUT2D eigenvalue weighted by Gasteiger charge is -2.24. The second-order valence-electron chi connectivity index (χ2n) is 7.03. The van der Waals surface area contributed by atoms with Crippen molar-refractivity contribution in [3.8, 4) is 0 Å². The zero-order valence-corrected chi connectivity index (χ0v) is 13.8. The topological polar surface area (TPSA) is 56.1 Å². The van der Waals surface area contributed by atoms with Gasteiger partial charge in [0.1, 0.15) is 0 Å². The molecule has 1 aliphatic rings. The first kappa shape index (κ1) is 16.0. The molecule has 0 spiro atoms. The zero-order chi connectivity index (χ0) is 15.6. The van der Waals surface area contributed by atoms with Crippen LogP contribution in [-0.4, -0.2) is 34.9 Å². The standard InChI is InChI=1S/C16H27N3O2/c1-11(2)14-13(10-18-19(14)16(3,4)5)15(20)17-9-12-7-6-8-21-12/h10-12H,6-9H2,1-5H3,(H,17,20)/t12-/m1/s1. The molecule has 1 aromatic rings. The van der Waals surface area contributed by atoms with Crippen LogP contribution in [0, 0.1) is 0 Å². The van der Waals surface area contributed by atoms with Gasteiger partial charge in [0.2, 0.25) is 0 Å². The van der Waals surface area contributed by atoms with Crippen molar-refractivity contribution in [3.63, 3.8) is 0 Å². The van der Waals surface area contributed by atoms with Crippen LogP contribution in [0.5, 0.6) is 0 Å². The maximum absolute atomic E-state index is 12.4. The van der Waals surface area contributed by atoms with E-state index >= 15 is 0 Å². The summed E-state index contributed by atoms with van der Waals surface area (Å²) in [6.45, 7) is 11.9. The Hall–Kier alpha value is -1.36. The van der Waals surface area contributed by atoms with Crippen molar-refractivity contribution in [1.82, 2.24) is 15.1 Å².